The van der Waals surface area contributed by atoms with Crippen LogP contribution in [-0.2, 0) is 11.3 Å². The third-order valence-electron chi connectivity index (χ3n) is 4.28. The molecule has 1 rings (SSSR count). The molecule has 2 heteroatoms. The van der Waals surface area contributed by atoms with Crippen molar-refractivity contribution in [2.24, 2.45) is 0 Å². The SMILES string of the molecule is BC/C(C)=C/CC/C(C)=C/CC/C(C)=C/COCc1ccccc1. The molecule has 0 unspecified atom stereocenters. The highest BCUT2D eigenvalue weighted by Crippen LogP contribution is 2.12. The molecule has 130 valence electrons. The second kappa shape index (κ2) is 12.8. The minimum Gasteiger partial charge on any atom is -0.373 e. The molecule has 1 aromatic carbocycles. The summed E-state index contributed by atoms with van der Waals surface area (Å²) in [5.41, 5.74) is 5.64. The maximum absolute atomic E-state index is 5.71. The molecule has 0 aromatic heterocycles. The number of allylic oxidation sites excluding steroid dienone is 5. The van der Waals surface area contributed by atoms with Crippen LogP contribution in [0.15, 0.2) is 65.3 Å². The topological polar surface area (TPSA) is 9.23 Å². The third-order valence-corrected chi connectivity index (χ3v) is 4.28. The maximum Gasteiger partial charge on any atom is 0.106 e. The summed E-state index contributed by atoms with van der Waals surface area (Å²) in [5, 5.41) is 0. The third kappa shape index (κ3) is 10.3. The van der Waals surface area contributed by atoms with Crippen LogP contribution in [0.5, 0.6) is 0 Å². The molecule has 1 nitrogen and oxygen atoms in total. The molecule has 1 aromatic rings. The van der Waals surface area contributed by atoms with Crippen LogP contribution in [0.4, 0.5) is 0 Å². The molecule has 0 spiro atoms. The summed E-state index contributed by atoms with van der Waals surface area (Å²) in [6, 6.07) is 10.3. The summed E-state index contributed by atoms with van der Waals surface area (Å²) in [6.45, 7) is 8.05. The number of benzene rings is 1. The molecule has 0 heterocycles. The van der Waals surface area contributed by atoms with E-state index in [1.165, 1.54) is 41.4 Å². The fourth-order valence-corrected chi connectivity index (χ4v) is 2.39. The fourth-order valence-electron chi connectivity index (χ4n) is 2.39. The minimum atomic E-state index is 0.689. The van der Waals surface area contributed by atoms with Crippen molar-refractivity contribution in [1.82, 2.24) is 0 Å². The van der Waals surface area contributed by atoms with E-state index in [4.69, 9.17) is 4.74 Å². The van der Waals surface area contributed by atoms with E-state index in [1.54, 1.807) is 0 Å². The average Bonchev–Trinajstić information content (AvgIpc) is 2.59. The van der Waals surface area contributed by atoms with Gasteiger partial charge in [-0.3, -0.25) is 0 Å². The Hall–Kier alpha value is -1.54. The van der Waals surface area contributed by atoms with Crippen LogP contribution in [0, 0.1) is 0 Å². The van der Waals surface area contributed by atoms with Crippen LogP contribution in [-0.4, -0.2) is 14.5 Å². The number of rotatable bonds is 11. The van der Waals surface area contributed by atoms with Crippen LogP contribution in [0.2, 0.25) is 6.32 Å². The van der Waals surface area contributed by atoms with Crippen LogP contribution in [0.25, 0.3) is 0 Å². The normalized spacial score (nSPS) is 13.4. The van der Waals surface area contributed by atoms with Gasteiger partial charge in [-0.1, -0.05) is 71.6 Å². The number of hydrogen-bond donors (Lipinski definition) is 0. The summed E-state index contributed by atoms with van der Waals surface area (Å²) in [4.78, 5) is 0. The van der Waals surface area contributed by atoms with Gasteiger partial charge in [-0.2, -0.15) is 0 Å². The van der Waals surface area contributed by atoms with E-state index in [0.29, 0.717) is 13.2 Å². The Balaban J connectivity index is 2.17. The molecule has 0 atom stereocenters. The lowest BCUT2D eigenvalue weighted by Crippen LogP contribution is -1.93. The summed E-state index contributed by atoms with van der Waals surface area (Å²) >= 11 is 0. The predicted molar refractivity (Wildman–Crippen MR) is 109 cm³/mol. The van der Waals surface area contributed by atoms with Crippen molar-refractivity contribution < 1.29 is 4.74 Å². The van der Waals surface area contributed by atoms with E-state index in [2.05, 4.69) is 59.0 Å². The quantitative estimate of drug-likeness (QED) is 0.290. The van der Waals surface area contributed by atoms with E-state index in [1.807, 2.05) is 18.2 Å². The van der Waals surface area contributed by atoms with Crippen LogP contribution in [0.1, 0.15) is 52.0 Å². The lowest BCUT2D eigenvalue weighted by atomic mass is 9.96. The van der Waals surface area contributed by atoms with Gasteiger partial charge in [-0.25, -0.2) is 0 Å². The van der Waals surface area contributed by atoms with Gasteiger partial charge in [0.1, 0.15) is 7.85 Å². The first-order valence-electron chi connectivity index (χ1n) is 9.20. The van der Waals surface area contributed by atoms with Crippen molar-refractivity contribution in [2.45, 2.75) is 59.4 Å². The Labute approximate surface area is 149 Å². The largest absolute Gasteiger partial charge is 0.373 e. The van der Waals surface area contributed by atoms with E-state index in [0.717, 1.165) is 12.8 Å². The molecule has 0 aliphatic rings. The first-order valence-corrected chi connectivity index (χ1v) is 9.20. The van der Waals surface area contributed by atoms with E-state index in [9.17, 15) is 0 Å². The lowest BCUT2D eigenvalue weighted by Gasteiger charge is -2.04. The molecule has 0 N–H and O–H groups in total. The Morgan fingerprint density at radius 1 is 0.875 bits per heavy atom. The van der Waals surface area contributed by atoms with Crippen LogP contribution < -0.4 is 0 Å². The lowest BCUT2D eigenvalue weighted by molar-refractivity contribution is 0.148. The van der Waals surface area contributed by atoms with E-state index >= 15 is 0 Å². The van der Waals surface area contributed by atoms with Crippen molar-refractivity contribution in [2.75, 3.05) is 6.61 Å². The highest BCUT2D eigenvalue weighted by atomic mass is 16.5. The van der Waals surface area contributed by atoms with Gasteiger partial charge in [-0.05, 0) is 52.0 Å². The molecule has 0 bridgehead atoms. The van der Waals surface area contributed by atoms with Gasteiger partial charge in [-0.15, -0.1) is 0 Å². The fraction of sp³-hybridized carbons (Fsp3) is 0.455. The van der Waals surface area contributed by atoms with Gasteiger partial charge < -0.3 is 4.74 Å². The van der Waals surface area contributed by atoms with E-state index < -0.39 is 0 Å². The second-order valence-electron chi connectivity index (χ2n) is 6.58. The van der Waals surface area contributed by atoms with Crippen LogP contribution >= 0.6 is 0 Å². The maximum atomic E-state index is 5.71. The summed E-state index contributed by atoms with van der Waals surface area (Å²) in [7, 11) is 2.22. The van der Waals surface area contributed by atoms with Crippen molar-refractivity contribution in [3.05, 3.63) is 70.8 Å². The Kier molecular flexibility index (Phi) is 11.0. The molecule has 24 heavy (non-hydrogen) atoms. The van der Waals surface area contributed by atoms with Gasteiger partial charge >= 0.3 is 0 Å². The van der Waals surface area contributed by atoms with Crippen molar-refractivity contribution in [1.29, 1.82) is 0 Å². The highest BCUT2D eigenvalue weighted by molar-refractivity contribution is 6.10. The zero-order valence-corrected chi connectivity index (χ0v) is 16.0. The van der Waals surface area contributed by atoms with Gasteiger partial charge in [0.25, 0.3) is 0 Å². The smallest absolute Gasteiger partial charge is 0.106 e. The molecule has 0 fully saturated rings. The van der Waals surface area contributed by atoms with Gasteiger partial charge in [0.15, 0.2) is 0 Å². The summed E-state index contributed by atoms with van der Waals surface area (Å²) in [5.74, 6) is 0. The minimum absolute atomic E-state index is 0.689. The number of hydrogen-bond acceptors (Lipinski definition) is 1. The molecule has 0 radical (unpaired) electrons. The average molecular weight is 324 g/mol. The zero-order chi connectivity index (χ0) is 17.6. The van der Waals surface area contributed by atoms with Gasteiger partial charge in [0.2, 0.25) is 0 Å². The Morgan fingerprint density at radius 3 is 2.08 bits per heavy atom. The molecule has 0 saturated heterocycles. The molecule has 0 aliphatic carbocycles. The van der Waals surface area contributed by atoms with Gasteiger partial charge in [0.05, 0.1) is 13.2 Å². The Morgan fingerprint density at radius 2 is 1.46 bits per heavy atom. The molecular weight excluding hydrogens is 291 g/mol. The highest BCUT2D eigenvalue weighted by Gasteiger charge is 1.94. The monoisotopic (exact) mass is 324 g/mol. The first kappa shape index (κ1) is 20.5. The van der Waals surface area contributed by atoms with Crippen LogP contribution in [0.3, 0.4) is 0 Å². The summed E-state index contributed by atoms with van der Waals surface area (Å²) < 4.78 is 5.71. The standard InChI is InChI=1S/C22H33BO/c1-19(10-8-12-21(3)17-23)9-7-11-20(2)15-16-24-18-22-13-5-4-6-14-22/h4-6,9,12-15H,7-8,10-11,16-18,23H2,1-3H3/b19-9+,20-15+,21-12+. The molecule has 0 amide bonds. The number of ether oxygens (including phenoxy) is 1. The molecule has 0 saturated carbocycles. The molecular formula is C22H33BO. The summed E-state index contributed by atoms with van der Waals surface area (Å²) in [6.07, 6.45) is 12.7. The van der Waals surface area contributed by atoms with Crippen molar-refractivity contribution >= 4 is 7.85 Å². The second-order valence-corrected chi connectivity index (χ2v) is 6.58. The van der Waals surface area contributed by atoms with Gasteiger partial charge in [0, 0.05) is 0 Å². The predicted octanol–water partition coefficient (Wildman–Crippen LogP) is 5.65. The van der Waals surface area contributed by atoms with E-state index in [-0.39, 0.29) is 0 Å². The van der Waals surface area contributed by atoms with Crippen molar-refractivity contribution in [3.63, 3.8) is 0 Å². The molecule has 0 aliphatic heterocycles. The Bertz CT molecular complexity index is 540. The zero-order valence-electron chi connectivity index (χ0n) is 16.0. The first-order chi connectivity index (χ1) is 11.6. The van der Waals surface area contributed by atoms with Crippen molar-refractivity contribution in [3.8, 4) is 0 Å².